The minimum absolute atomic E-state index is 0.595. The van der Waals surface area contributed by atoms with Gasteiger partial charge in [-0.1, -0.05) is 67.6 Å². The summed E-state index contributed by atoms with van der Waals surface area (Å²) < 4.78 is 9.30. The lowest BCUT2D eigenvalue weighted by Gasteiger charge is -2.33. The summed E-state index contributed by atoms with van der Waals surface area (Å²) in [6.45, 7) is 3.06. The maximum atomic E-state index is 13.6. The topological polar surface area (TPSA) is 119 Å². The molecule has 0 aromatic heterocycles. The van der Waals surface area contributed by atoms with Gasteiger partial charge in [0.25, 0.3) is 0 Å². The molecule has 2 aromatic rings. The average Bonchev–Trinajstić information content (AvgIpc) is 2.82. The van der Waals surface area contributed by atoms with E-state index in [-0.39, 0.29) is 0 Å². The van der Waals surface area contributed by atoms with Crippen LogP contribution in [0.15, 0.2) is 60.7 Å². The molecular formula is C24H27NO7. The maximum absolute atomic E-state index is 13.6. The summed E-state index contributed by atoms with van der Waals surface area (Å²) in [6, 6.07) is 16.3. The van der Waals surface area contributed by atoms with Crippen LogP contribution in [0.1, 0.15) is 25.0 Å². The maximum Gasteiger partial charge on any atom is 0.326 e. The van der Waals surface area contributed by atoms with Gasteiger partial charge in [-0.2, -0.15) is 0 Å². The minimum Gasteiger partial charge on any atom is -0.480 e. The quantitative estimate of drug-likeness (QED) is 0.452. The summed E-state index contributed by atoms with van der Waals surface area (Å²) in [6.07, 6.45) is 0. The summed E-state index contributed by atoms with van der Waals surface area (Å²) >= 11 is 0. The molecule has 1 amide bonds. The molecular weight excluding hydrogens is 414 g/mol. The Balaban J connectivity index is 2.48. The number of nitrogens with one attached hydrogen (secondary N) is 1. The average molecular weight is 441 g/mol. The van der Waals surface area contributed by atoms with Crippen molar-refractivity contribution in [3.05, 3.63) is 71.8 Å². The summed E-state index contributed by atoms with van der Waals surface area (Å²) in [4.78, 5) is 50.0. The van der Waals surface area contributed by atoms with Gasteiger partial charge in [0.2, 0.25) is 5.91 Å². The van der Waals surface area contributed by atoms with Crippen LogP contribution in [0.5, 0.6) is 0 Å². The normalized spacial score (nSPS) is 13.0. The standard InChI is InChI=1S/C24H27NO7/c1-15(18(21(28)31-3)22(29)32-4)19(20(26)27)25-23(30)24(2,16-11-7-5-8-12-16)17-13-9-6-10-14-17/h5-15,18-19H,1-4H3,(H,25,30)(H,26,27)/t15-,19+/m1/s1. The molecule has 0 radical (unpaired) electrons. The van der Waals surface area contributed by atoms with E-state index in [1.54, 1.807) is 55.5 Å². The Morgan fingerprint density at radius 2 is 1.25 bits per heavy atom. The lowest BCUT2D eigenvalue weighted by atomic mass is 9.75. The highest BCUT2D eigenvalue weighted by atomic mass is 16.5. The van der Waals surface area contributed by atoms with Crippen LogP contribution in [0.4, 0.5) is 0 Å². The predicted molar refractivity (Wildman–Crippen MR) is 116 cm³/mol. The second-order valence-corrected chi connectivity index (χ2v) is 7.53. The molecule has 0 aliphatic rings. The van der Waals surface area contributed by atoms with Crippen molar-refractivity contribution in [1.29, 1.82) is 0 Å². The fraction of sp³-hybridized carbons (Fsp3) is 0.333. The van der Waals surface area contributed by atoms with E-state index in [1.807, 2.05) is 12.1 Å². The first kappa shape index (κ1) is 24.6. The van der Waals surface area contributed by atoms with Crippen LogP contribution in [-0.2, 0) is 34.1 Å². The molecule has 170 valence electrons. The molecule has 8 nitrogen and oxygen atoms in total. The number of hydrogen-bond donors (Lipinski definition) is 2. The number of carbonyl (C=O) groups is 4. The third-order valence-electron chi connectivity index (χ3n) is 5.67. The number of esters is 2. The van der Waals surface area contributed by atoms with Gasteiger partial charge < -0.3 is 19.9 Å². The Morgan fingerprint density at radius 3 is 1.59 bits per heavy atom. The number of aliphatic carboxylic acids is 1. The number of ether oxygens (including phenoxy) is 2. The second kappa shape index (κ2) is 10.6. The Hall–Kier alpha value is -3.68. The number of carboxylic acids is 1. The number of methoxy groups -OCH3 is 2. The van der Waals surface area contributed by atoms with Crippen molar-refractivity contribution >= 4 is 23.8 Å². The number of carboxylic acid groups (broad SMARTS) is 1. The van der Waals surface area contributed by atoms with Crippen LogP contribution in [-0.4, -0.2) is 49.2 Å². The molecule has 0 unspecified atom stereocenters. The van der Waals surface area contributed by atoms with Crippen LogP contribution in [0.3, 0.4) is 0 Å². The first-order chi connectivity index (χ1) is 15.2. The Bertz CT molecular complexity index is 903. The van der Waals surface area contributed by atoms with Gasteiger partial charge in [-0.15, -0.1) is 0 Å². The lowest BCUT2D eigenvalue weighted by Crippen LogP contribution is -2.55. The Morgan fingerprint density at radius 1 is 0.844 bits per heavy atom. The van der Waals surface area contributed by atoms with Crippen LogP contribution in [0, 0.1) is 11.8 Å². The first-order valence-corrected chi connectivity index (χ1v) is 9.98. The van der Waals surface area contributed by atoms with Gasteiger partial charge in [0.05, 0.1) is 19.6 Å². The molecule has 2 N–H and O–H groups in total. The molecule has 8 heteroatoms. The van der Waals surface area contributed by atoms with Crippen molar-refractivity contribution in [2.75, 3.05) is 14.2 Å². The smallest absolute Gasteiger partial charge is 0.326 e. The summed E-state index contributed by atoms with van der Waals surface area (Å²) in [5.41, 5.74) is 0.0677. The third-order valence-corrected chi connectivity index (χ3v) is 5.67. The number of carbonyl (C=O) groups excluding carboxylic acids is 3. The SMILES string of the molecule is COC(=O)C(C(=O)OC)[C@@H](C)[C@H](NC(=O)C(C)(c1ccccc1)c1ccccc1)C(=O)O. The van der Waals surface area contributed by atoms with E-state index in [0.717, 1.165) is 14.2 Å². The van der Waals surface area contributed by atoms with E-state index in [0.29, 0.717) is 11.1 Å². The van der Waals surface area contributed by atoms with E-state index in [9.17, 15) is 24.3 Å². The molecule has 2 atom stereocenters. The first-order valence-electron chi connectivity index (χ1n) is 9.98. The van der Waals surface area contributed by atoms with E-state index < -0.39 is 47.1 Å². The van der Waals surface area contributed by atoms with Crippen LogP contribution in [0.2, 0.25) is 0 Å². The van der Waals surface area contributed by atoms with Crippen molar-refractivity contribution in [2.45, 2.75) is 25.3 Å². The van der Waals surface area contributed by atoms with Gasteiger partial charge in [-0.3, -0.25) is 14.4 Å². The number of hydrogen-bond acceptors (Lipinski definition) is 6. The zero-order valence-electron chi connectivity index (χ0n) is 18.4. The van der Waals surface area contributed by atoms with Crippen molar-refractivity contribution in [1.82, 2.24) is 5.32 Å². The van der Waals surface area contributed by atoms with Gasteiger partial charge in [-0.25, -0.2) is 4.79 Å². The van der Waals surface area contributed by atoms with Gasteiger partial charge in [0, 0.05) is 5.92 Å². The van der Waals surface area contributed by atoms with Gasteiger partial charge >= 0.3 is 17.9 Å². The van der Waals surface area contributed by atoms with E-state index in [1.165, 1.54) is 6.92 Å². The monoisotopic (exact) mass is 441 g/mol. The molecule has 2 aromatic carbocycles. The van der Waals surface area contributed by atoms with E-state index in [4.69, 9.17) is 0 Å². The highest BCUT2D eigenvalue weighted by Gasteiger charge is 2.45. The fourth-order valence-electron chi connectivity index (χ4n) is 3.65. The summed E-state index contributed by atoms with van der Waals surface area (Å²) in [5, 5.41) is 12.4. The van der Waals surface area contributed by atoms with Gasteiger partial charge in [0.1, 0.15) is 6.04 Å². The van der Waals surface area contributed by atoms with Crippen molar-refractivity contribution in [2.24, 2.45) is 11.8 Å². The van der Waals surface area contributed by atoms with Crippen molar-refractivity contribution in [3.8, 4) is 0 Å². The zero-order valence-corrected chi connectivity index (χ0v) is 18.4. The molecule has 0 saturated heterocycles. The summed E-state index contributed by atoms with van der Waals surface area (Å²) in [5.74, 6) is -6.55. The number of amides is 1. The highest BCUT2D eigenvalue weighted by Crippen LogP contribution is 2.33. The molecule has 32 heavy (non-hydrogen) atoms. The van der Waals surface area contributed by atoms with Gasteiger partial charge in [-0.05, 0) is 18.1 Å². The van der Waals surface area contributed by atoms with E-state index in [2.05, 4.69) is 14.8 Å². The highest BCUT2D eigenvalue weighted by molar-refractivity contribution is 5.97. The molecule has 0 spiro atoms. The zero-order chi connectivity index (χ0) is 23.9. The summed E-state index contributed by atoms with van der Waals surface area (Å²) in [7, 11) is 2.17. The Labute approximate surface area is 186 Å². The van der Waals surface area contributed by atoms with Crippen LogP contribution in [0.25, 0.3) is 0 Å². The molecule has 2 rings (SSSR count). The molecule has 0 aliphatic heterocycles. The molecule has 0 aliphatic carbocycles. The minimum atomic E-state index is -1.56. The Kier molecular flexibility index (Phi) is 8.12. The lowest BCUT2D eigenvalue weighted by molar-refractivity contribution is -0.163. The molecule has 0 heterocycles. The van der Waals surface area contributed by atoms with Crippen LogP contribution < -0.4 is 5.32 Å². The predicted octanol–water partition coefficient (Wildman–Crippen LogP) is 2.16. The third kappa shape index (κ3) is 4.96. The largest absolute Gasteiger partial charge is 0.480 e. The van der Waals surface area contributed by atoms with Gasteiger partial charge in [0.15, 0.2) is 5.92 Å². The van der Waals surface area contributed by atoms with Crippen molar-refractivity contribution in [3.63, 3.8) is 0 Å². The molecule has 0 saturated carbocycles. The molecule has 0 bridgehead atoms. The number of rotatable bonds is 9. The van der Waals surface area contributed by atoms with Crippen LogP contribution >= 0.6 is 0 Å². The fourth-order valence-corrected chi connectivity index (χ4v) is 3.65. The van der Waals surface area contributed by atoms with Crippen molar-refractivity contribution < 1.29 is 33.8 Å². The van der Waals surface area contributed by atoms with E-state index >= 15 is 0 Å². The molecule has 0 fully saturated rings. The second-order valence-electron chi connectivity index (χ2n) is 7.53. The number of benzene rings is 2.